The summed E-state index contributed by atoms with van der Waals surface area (Å²) in [4.78, 5) is 24.9. The maximum Gasteiger partial charge on any atom is 0.317 e. The molecule has 3 heterocycles. The molecule has 1 saturated heterocycles. The van der Waals surface area contributed by atoms with Crippen molar-refractivity contribution >= 4 is 6.03 Å². The van der Waals surface area contributed by atoms with Gasteiger partial charge in [0.25, 0.3) is 0 Å². The first-order valence-corrected chi connectivity index (χ1v) is 9.60. The molecule has 150 valence electrons. The maximum absolute atomic E-state index is 13.3. The van der Waals surface area contributed by atoms with E-state index in [-0.39, 0.29) is 11.8 Å². The Morgan fingerprint density at radius 3 is 2.66 bits per heavy atom. The largest absolute Gasteiger partial charge is 0.334 e. The van der Waals surface area contributed by atoms with Crippen molar-refractivity contribution < 1.29 is 9.18 Å². The number of amides is 2. The molecule has 8 heteroatoms. The van der Waals surface area contributed by atoms with Crippen molar-refractivity contribution in [3.8, 4) is 5.82 Å². The molecule has 2 aromatic heterocycles. The van der Waals surface area contributed by atoms with Gasteiger partial charge in [0.2, 0.25) is 0 Å². The van der Waals surface area contributed by atoms with Crippen molar-refractivity contribution in [3.63, 3.8) is 0 Å². The molecule has 0 aliphatic carbocycles. The van der Waals surface area contributed by atoms with Gasteiger partial charge in [-0.1, -0.05) is 18.2 Å². The van der Waals surface area contributed by atoms with E-state index in [0.717, 1.165) is 30.0 Å². The molecule has 29 heavy (non-hydrogen) atoms. The maximum atomic E-state index is 13.3. The van der Waals surface area contributed by atoms with E-state index in [1.807, 2.05) is 33.9 Å². The molecule has 0 atom stereocenters. The average Bonchev–Trinajstić information content (AvgIpc) is 3.28. The van der Waals surface area contributed by atoms with Crippen LogP contribution in [0.3, 0.4) is 0 Å². The number of piperazine rings is 1. The second-order valence-electron chi connectivity index (χ2n) is 7.05. The number of hydrogen-bond acceptors (Lipinski definition) is 4. The fraction of sp³-hybridized carbons (Fsp3) is 0.286. The van der Waals surface area contributed by atoms with E-state index in [1.54, 1.807) is 30.9 Å². The number of benzene rings is 1. The van der Waals surface area contributed by atoms with Crippen LogP contribution in [0.2, 0.25) is 0 Å². The number of carbonyl (C=O) groups excluding carboxylic acids is 1. The molecule has 1 aromatic carbocycles. The lowest BCUT2D eigenvalue weighted by atomic mass is 10.2. The van der Waals surface area contributed by atoms with Gasteiger partial charge >= 0.3 is 6.03 Å². The lowest BCUT2D eigenvalue weighted by Crippen LogP contribution is -2.51. The molecule has 3 aromatic rings. The van der Waals surface area contributed by atoms with Crippen LogP contribution in [0.4, 0.5) is 9.18 Å². The van der Waals surface area contributed by atoms with E-state index < -0.39 is 0 Å². The van der Waals surface area contributed by atoms with Crippen LogP contribution in [0, 0.1) is 5.82 Å². The Balaban J connectivity index is 1.23. The Labute approximate surface area is 168 Å². The number of rotatable bonds is 5. The summed E-state index contributed by atoms with van der Waals surface area (Å²) in [5, 5.41) is 2.95. The van der Waals surface area contributed by atoms with E-state index in [4.69, 9.17) is 0 Å². The first kappa shape index (κ1) is 19.1. The highest BCUT2D eigenvalue weighted by atomic mass is 19.1. The summed E-state index contributed by atoms with van der Waals surface area (Å²) in [6, 6.07) is 10.4. The zero-order chi connectivity index (χ0) is 20.1. The number of nitrogens with zero attached hydrogens (tertiary/aromatic N) is 5. The first-order chi connectivity index (χ1) is 14.2. The van der Waals surface area contributed by atoms with Crippen LogP contribution in [0.5, 0.6) is 0 Å². The molecule has 4 rings (SSSR count). The zero-order valence-electron chi connectivity index (χ0n) is 16.0. The van der Waals surface area contributed by atoms with E-state index >= 15 is 0 Å². The van der Waals surface area contributed by atoms with Crippen molar-refractivity contribution in [1.82, 2.24) is 29.7 Å². The topological polar surface area (TPSA) is 66.3 Å². The van der Waals surface area contributed by atoms with Crippen LogP contribution in [0.1, 0.15) is 11.1 Å². The molecule has 1 aliphatic rings. The third-order valence-electron chi connectivity index (χ3n) is 4.98. The first-order valence-electron chi connectivity index (χ1n) is 9.60. The molecule has 0 bridgehead atoms. The van der Waals surface area contributed by atoms with Crippen molar-refractivity contribution in [2.75, 3.05) is 26.2 Å². The van der Waals surface area contributed by atoms with Crippen LogP contribution >= 0.6 is 0 Å². The minimum absolute atomic E-state index is 0.0749. The molecule has 1 aliphatic heterocycles. The fourth-order valence-corrected chi connectivity index (χ4v) is 3.36. The summed E-state index contributed by atoms with van der Waals surface area (Å²) in [6.07, 6.45) is 6.98. The number of aromatic nitrogens is 3. The molecule has 0 radical (unpaired) electrons. The number of halogens is 1. The summed E-state index contributed by atoms with van der Waals surface area (Å²) >= 11 is 0. The lowest BCUT2D eigenvalue weighted by Gasteiger charge is -2.34. The SMILES string of the molecule is O=C(NCc1ccc(-n2ccnc2)nc1)N1CCN(Cc2cccc(F)c2)CC1. The van der Waals surface area contributed by atoms with Gasteiger partial charge in [0.05, 0.1) is 0 Å². The standard InChI is InChI=1S/C21H23FN6O/c22-19-3-1-2-17(12-19)15-26-8-10-27(11-9-26)21(29)25-14-18-4-5-20(24-13-18)28-7-6-23-16-28/h1-7,12-13,16H,8-11,14-15H2,(H,25,29). The van der Waals surface area contributed by atoms with Gasteiger partial charge in [-0.15, -0.1) is 0 Å². The van der Waals surface area contributed by atoms with E-state index in [9.17, 15) is 9.18 Å². The second-order valence-corrected chi connectivity index (χ2v) is 7.05. The van der Waals surface area contributed by atoms with Gasteiger partial charge in [0, 0.05) is 57.9 Å². The number of nitrogens with one attached hydrogen (secondary N) is 1. The summed E-state index contributed by atoms with van der Waals surface area (Å²) in [7, 11) is 0. The minimum Gasteiger partial charge on any atom is -0.334 e. The van der Waals surface area contributed by atoms with E-state index in [2.05, 4.69) is 20.2 Å². The average molecular weight is 394 g/mol. The van der Waals surface area contributed by atoms with Gasteiger partial charge in [-0.05, 0) is 29.3 Å². The number of urea groups is 1. The Morgan fingerprint density at radius 1 is 1.10 bits per heavy atom. The van der Waals surface area contributed by atoms with Crippen molar-refractivity contribution in [2.45, 2.75) is 13.1 Å². The summed E-state index contributed by atoms with van der Waals surface area (Å²) in [5.74, 6) is 0.569. The fourth-order valence-electron chi connectivity index (χ4n) is 3.36. The Hall–Kier alpha value is -3.26. The van der Waals surface area contributed by atoms with Crippen molar-refractivity contribution in [2.24, 2.45) is 0 Å². The van der Waals surface area contributed by atoms with Gasteiger partial charge in [0.1, 0.15) is 18.0 Å². The molecular weight excluding hydrogens is 371 g/mol. The van der Waals surface area contributed by atoms with Crippen LogP contribution in [-0.4, -0.2) is 56.5 Å². The Bertz CT molecular complexity index is 936. The predicted octanol–water partition coefficient (Wildman–Crippen LogP) is 2.43. The second kappa shape index (κ2) is 8.83. The van der Waals surface area contributed by atoms with Gasteiger partial charge in [-0.3, -0.25) is 9.47 Å². The Morgan fingerprint density at radius 2 is 1.97 bits per heavy atom. The van der Waals surface area contributed by atoms with Gasteiger partial charge < -0.3 is 10.2 Å². The normalized spacial score (nSPS) is 14.7. The molecule has 7 nitrogen and oxygen atoms in total. The molecule has 0 saturated carbocycles. The van der Waals surface area contributed by atoms with Gasteiger partial charge in [-0.2, -0.15) is 0 Å². The predicted molar refractivity (Wildman–Crippen MR) is 107 cm³/mol. The zero-order valence-corrected chi connectivity index (χ0v) is 16.0. The third kappa shape index (κ3) is 4.97. The minimum atomic E-state index is -0.215. The van der Waals surface area contributed by atoms with Crippen molar-refractivity contribution in [3.05, 3.63) is 78.3 Å². The Kier molecular flexibility index (Phi) is 5.81. The van der Waals surface area contributed by atoms with Crippen LogP contribution in [0.15, 0.2) is 61.3 Å². The highest BCUT2D eigenvalue weighted by Crippen LogP contribution is 2.11. The van der Waals surface area contributed by atoms with Crippen molar-refractivity contribution in [1.29, 1.82) is 0 Å². The molecule has 2 amide bonds. The highest BCUT2D eigenvalue weighted by Gasteiger charge is 2.21. The molecular formula is C21H23FN6O. The number of imidazole rings is 1. The van der Waals surface area contributed by atoms with E-state index in [0.29, 0.717) is 26.2 Å². The molecule has 1 fully saturated rings. The number of pyridine rings is 1. The number of carbonyl (C=O) groups is 1. The van der Waals surface area contributed by atoms with Gasteiger partial charge in [0.15, 0.2) is 0 Å². The summed E-state index contributed by atoms with van der Waals surface area (Å²) in [5.41, 5.74) is 1.89. The highest BCUT2D eigenvalue weighted by molar-refractivity contribution is 5.74. The molecule has 0 spiro atoms. The molecule has 0 unspecified atom stereocenters. The third-order valence-corrected chi connectivity index (χ3v) is 4.98. The summed E-state index contributed by atoms with van der Waals surface area (Å²) in [6.45, 7) is 3.97. The monoisotopic (exact) mass is 394 g/mol. The van der Waals surface area contributed by atoms with Crippen LogP contribution in [-0.2, 0) is 13.1 Å². The smallest absolute Gasteiger partial charge is 0.317 e. The number of hydrogen-bond donors (Lipinski definition) is 1. The quantitative estimate of drug-likeness (QED) is 0.722. The van der Waals surface area contributed by atoms with Crippen LogP contribution in [0.25, 0.3) is 5.82 Å². The summed E-state index contributed by atoms with van der Waals surface area (Å²) < 4.78 is 15.1. The van der Waals surface area contributed by atoms with Gasteiger partial charge in [-0.25, -0.2) is 19.2 Å². The van der Waals surface area contributed by atoms with Crippen LogP contribution < -0.4 is 5.32 Å². The molecule has 1 N–H and O–H groups in total. The lowest BCUT2D eigenvalue weighted by molar-refractivity contribution is 0.135. The van der Waals surface area contributed by atoms with E-state index in [1.165, 1.54) is 6.07 Å².